The molecule has 0 aliphatic rings. The summed E-state index contributed by atoms with van der Waals surface area (Å²) in [5, 5.41) is 20.5. The van der Waals surface area contributed by atoms with E-state index in [1.165, 1.54) is 4.68 Å². The van der Waals surface area contributed by atoms with Gasteiger partial charge >= 0.3 is 0 Å². The van der Waals surface area contributed by atoms with Crippen molar-refractivity contribution in [1.29, 1.82) is 0 Å². The third kappa shape index (κ3) is 2.02. The average molecular weight is 185 g/mol. The fraction of sp³-hybridized carbons (Fsp3) is 0.857. The second kappa shape index (κ2) is 3.80. The Labute approximate surface area is 76.7 Å². The highest BCUT2D eigenvalue weighted by Gasteiger charge is 2.24. The molecule has 1 aromatic heterocycles. The first-order chi connectivity index (χ1) is 6.04. The minimum atomic E-state index is -0.806. The molecule has 3 N–H and O–H groups in total. The van der Waals surface area contributed by atoms with Crippen molar-refractivity contribution >= 4 is 0 Å². The molecule has 6 heteroatoms. The van der Waals surface area contributed by atoms with Gasteiger partial charge < -0.3 is 10.8 Å². The van der Waals surface area contributed by atoms with Gasteiger partial charge in [-0.25, -0.2) is 4.68 Å². The van der Waals surface area contributed by atoms with Crippen LogP contribution in [0.5, 0.6) is 0 Å². The zero-order chi connectivity index (χ0) is 10.0. The number of nitrogens with zero attached hydrogens (tertiary/aromatic N) is 4. The van der Waals surface area contributed by atoms with Crippen molar-refractivity contribution in [2.75, 3.05) is 0 Å². The van der Waals surface area contributed by atoms with Crippen LogP contribution in [0.1, 0.15) is 25.8 Å². The largest absolute Gasteiger partial charge is 0.383 e. The molecule has 0 aliphatic carbocycles. The molecule has 74 valence electrons. The Morgan fingerprint density at radius 1 is 1.46 bits per heavy atom. The quantitative estimate of drug-likeness (QED) is 0.645. The molecule has 1 aromatic rings. The first-order valence-electron chi connectivity index (χ1n) is 4.20. The van der Waals surface area contributed by atoms with Gasteiger partial charge in [0, 0.05) is 13.1 Å². The van der Waals surface area contributed by atoms with Crippen molar-refractivity contribution in [2.45, 2.75) is 26.0 Å². The minimum absolute atomic E-state index is 0.187. The van der Waals surface area contributed by atoms with E-state index in [-0.39, 0.29) is 12.0 Å². The summed E-state index contributed by atoms with van der Waals surface area (Å²) in [6.45, 7) is 3.88. The summed E-state index contributed by atoms with van der Waals surface area (Å²) in [7, 11) is 1.67. The topological polar surface area (TPSA) is 89.8 Å². The monoisotopic (exact) mass is 185 g/mol. The maximum absolute atomic E-state index is 9.74. The Hall–Kier alpha value is -1.01. The summed E-state index contributed by atoms with van der Waals surface area (Å²) in [5.41, 5.74) is 5.76. The maximum Gasteiger partial charge on any atom is 0.181 e. The van der Waals surface area contributed by atoms with Crippen LogP contribution in [0.15, 0.2) is 0 Å². The van der Waals surface area contributed by atoms with Gasteiger partial charge in [-0.1, -0.05) is 13.8 Å². The van der Waals surface area contributed by atoms with E-state index in [1.54, 1.807) is 7.05 Å². The highest BCUT2D eigenvalue weighted by Crippen LogP contribution is 2.16. The Morgan fingerprint density at radius 3 is 2.46 bits per heavy atom. The summed E-state index contributed by atoms with van der Waals surface area (Å²) in [5.74, 6) is 0.591. The van der Waals surface area contributed by atoms with Gasteiger partial charge in [0.2, 0.25) is 0 Å². The van der Waals surface area contributed by atoms with Crippen LogP contribution >= 0.6 is 0 Å². The van der Waals surface area contributed by atoms with E-state index in [1.807, 2.05) is 13.8 Å². The highest BCUT2D eigenvalue weighted by molar-refractivity contribution is 4.92. The Kier molecular flexibility index (Phi) is 2.94. The first kappa shape index (κ1) is 10.1. The molecule has 0 aromatic carbocycles. The number of aliphatic hydroxyl groups is 1. The molecule has 13 heavy (non-hydrogen) atoms. The second-order valence-electron chi connectivity index (χ2n) is 3.43. The SMILES string of the molecule is CC(C)C(N)C(O)c1nnnn1C. The molecule has 1 rings (SSSR count). The van der Waals surface area contributed by atoms with Crippen molar-refractivity contribution in [3.8, 4) is 0 Å². The molecular weight excluding hydrogens is 170 g/mol. The van der Waals surface area contributed by atoms with Crippen molar-refractivity contribution in [1.82, 2.24) is 20.2 Å². The van der Waals surface area contributed by atoms with Crippen LogP contribution in [-0.2, 0) is 7.05 Å². The minimum Gasteiger partial charge on any atom is -0.383 e. The van der Waals surface area contributed by atoms with E-state index in [9.17, 15) is 5.11 Å². The van der Waals surface area contributed by atoms with Crippen molar-refractivity contribution in [2.24, 2.45) is 18.7 Å². The molecule has 6 nitrogen and oxygen atoms in total. The zero-order valence-electron chi connectivity index (χ0n) is 8.05. The number of hydrogen-bond acceptors (Lipinski definition) is 5. The van der Waals surface area contributed by atoms with Crippen LogP contribution < -0.4 is 5.73 Å². The lowest BCUT2D eigenvalue weighted by Crippen LogP contribution is -2.34. The van der Waals surface area contributed by atoms with Crippen LogP contribution in [0.25, 0.3) is 0 Å². The van der Waals surface area contributed by atoms with Gasteiger partial charge in [0.15, 0.2) is 5.82 Å². The number of aliphatic hydroxyl groups excluding tert-OH is 1. The van der Waals surface area contributed by atoms with Gasteiger partial charge in [-0.15, -0.1) is 5.10 Å². The van der Waals surface area contributed by atoms with E-state index in [2.05, 4.69) is 15.5 Å². The Balaban J connectivity index is 2.79. The third-order valence-electron chi connectivity index (χ3n) is 2.05. The van der Waals surface area contributed by atoms with Crippen molar-refractivity contribution < 1.29 is 5.11 Å². The van der Waals surface area contributed by atoms with Gasteiger partial charge in [0.25, 0.3) is 0 Å². The molecule has 0 saturated heterocycles. The molecular formula is C7H15N5O. The molecule has 0 radical (unpaired) electrons. The predicted molar refractivity (Wildman–Crippen MR) is 46.6 cm³/mol. The Bertz CT molecular complexity index is 272. The molecule has 2 atom stereocenters. The molecule has 0 amide bonds. The van der Waals surface area contributed by atoms with E-state index in [0.717, 1.165) is 0 Å². The van der Waals surface area contributed by atoms with E-state index < -0.39 is 6.10 Å². The molecule has 0 aliphatic heterocycles. The van der Waals surface area contributed by atoms with Crippen LogP contribution in [-0.4, -0.2) is 31.4 Å². The summed E-state index contributed by atoms with van der Waals surface area (Å²) in [6, 6.07) is -0.343. The number of hydrogen-bond donors (Lipinski definition) is 2. The smallest absolute Gasteiger partial charge is 0.181 e. The van der Waals surface area contributed by atoms with Crippen LogP contribution in [0.4, 0.5) is 0 Å². The summed E-state index contributed by atoms with van der Waals surface area (Å²) in [4.78, 5) is 0. The van der Waals surface area contributed by atoms with Crippen molar-refractivity contribution in [3.63, 3.8) is 0 Å². The molecule has 2 unspecified atom stereocenters. The average Bonchev–Trinajstić information content (AvgIpc) is 2.48. The van der Waals surface area contributed by atoms with E-state index in [4.69, 9.17) is 5.73 Å². The second-order valence-corrected chi connectivity index (χ2v) is 3.43. The summed E-state index contributed by atoms with van der Waals surface area (Å²) in [6.07, 6.45) is -0.806. The van der Waals surface area contributed by atoms with Crippen LogP contribution in [0.3, 0.4) is 0 Å². The highest BCUT2D eigenvalue weighted by atomic mass is 16.3. The Morgan fingerprint density at radius 2 is 2.08 bits per heavy atom. The van der Waals surface area contributed by atoms with Gasteiger partial charge in [-0.2, -0.15) is 0 Å². The normalized spacial score (nSPS) is 16.2. The number of aryl methyl sites for hydroxylation is 1. The lowest BCUT2D eigenvalue weighted by molar-refractivity contribution is 0.113. The number of nitrogens with two attached hydrogens (primary N) is 1. The molecule has 0 bridgehead atoms. The number of rotatable bonds is 3. The maximum atomic E-state index is 9.74. The fourth-order valence-corrected chi connectivity index (χ4v) is 1.02. The van der Waals surface area contributed by atoms with Gasteiger partial charge in [-0.3, -0.25) is 0 Å². The zero-order valence-corrected chi connectivity index (χ0v) is 8.05. The molecule has 0 spiro atoms. The summed E-state index contributed by atoms with van der Waals surface area (Å²) < 4.78 is 1.42. The molecule has 0 saturated carbocycles. The van der Waals surface area contributed by atoms with Gasteiger partial charge in [0.05, 0.1) is 0 Å². The van der Waals surface area contributed by atoms with Gasteiger partial charge in [-0.05, 0) is 16.3 Å². The summed E-state index contributed by atoms with van der Waals surface area (Å²) >= 11 is 0. The van der Waals surface area contributed by atoms with Crippen LogP contribution in [0, 0.1) is 5.92 Å². The molecule has 0 fully saturated rings. The number of tetrazole rings is 1. The van der Waals surface area contributed by atoms with E-state index in [0.29, 0.717) is 5.82 Å². The molecule has 1 heterocycles. The predicted octanol–water partition coefficient (Wildman–Crippen LogP) is -0.773. The lowest BCUT2D eigenvalue weighted by Gasteiger charge is -2.20. The van der Waals surface area contributed by atoms with Crippen molar-refractivity contribution in [3.05, 3.63) is 5.82 Å². The third-order valence-corrected chi connectivity index (χ3v) is 2.05. The van der Waals surface area contributed by atoms with Gasteiger partial charge in [0.1, 0.15) is 6.10 Å². The van der Waals surface area contributed by atoms with Crippen LogP contribution in [0.2, 0.25) is 0 Å². The van der Waals surface area contributed by atoms with E-state index >= 15 is 0 Å². The first-order valence-corrected chi connectivity index (χ1v) is 4.20. The fourth-order valence-electron chi connectivity index (χ4n) is 1.02. The lowest BCUT2D eigenvalue weighted by atomic mass is 9.99. The number of aromatic nitrogens is 4. The standard InChI is InChI=1S/C7H15N5O/c1-4(2)5(8)6(13)7-9-10-11-12(7)3/h4-6,13H,8H2,1-3H3.